The first-order valence-corrected chi connectivity index (χ1v) is 11.4. The lowest BCUT2D eigenvalue weighted by Gasteiger charge is -2.21. The lowest BCUT2D eigenvalue weighted by Crippen LogP contribution is -2.42. The number of carbonyl (C=O) groups excluding carboxylic acids is 2. The van der Waals surface area contributed by atoms with Crippen molar-refractivity contribution < 1.29 is 38.1 Å². The van der Waals surface area contributed by atoms with Crippen molar-refractivity contribution in [2.45, 2.75) is 30.4 Å². The van der Waals surface area contributed by atoms with Crippen LogP contribution in [0.1, 0.15) is 23.5 Å². The summed E-state index contributed by atoms with van der Waals surface area (Å²) in [6.45, 7) is -0.779. The van der Waals surface area contributed by atoms with E-state index in [4.69, 9.17) is 4.74 Å². The summed E-state index contributed by atoms with van der Waals surface area (Å²) in [7, 11) is 0. The minimum absolute atomic E-state index is 0.0231. The number of carbonyl (C=O) groups is 3. The molecule has 2 amide bonds. The highest BCUT2D eigenvalue weighted by molar-refractivity contribution is 5.89. The lowest BCUT2D eigenvalue weighted by molar-refractivity contribution is -0.149. The minimum Gasteiger partial charge on any atom is -0.480 e. The van der Waals surface area contributed by atoms with Crippen LogP contribution in [0.25, 0.3) is 11.1 Å². The number of amides is 2. The van der Waals surface area contributed by atoms with Crippen LogP contribution in [-0.2, 0) is 14.3 Å². The standard InChI is InChI=1S/C25H24F2N2O6/c26-25(27)19(21(25)22(31)29-11-13(30)9-20(29)23(32)33)10-28-24(34)35-12-18-16-7-3-1-5-14(16)15-6-2-4-8-17(15)18/h1-8,13,18-21,30H,9-12H2,(H,28,34)(H,32,33)/t13-,19?,20-,21?/m1/s1. The van der Waals surface area contributed by atoms with Crippen molar-refractivity contribution in [1.29, 1.82) is 0 Å². The number of halogens is 2. The number of ether oxygens (including phenoxy) is 1. The van der Waals surface area contributed by atoms with E-state index in [2.05, 4.69) is 5.32 Å². The fraction of sp³-hybridized carbons (Fsp3) is 0.400. The molecule has 0 aromatic heterocycles. The van der Waals surface area contributed by atoms with Gasteiger partial charge in [-0.15, -0.1) is 0 Å². The summed E-state index contributed by atoms with van der Waals surface area (Å²) in [6, 6.07) is 14.2. The molecule has 2 aromatic carbocycles. The third-order valence-corrected chi connectivity index (χ3v) is 7.13. The van der Waals surface area contributed by atoms with Gasteiger partial charge in [-0.3, -0.25) is 4.79 Å². The number of carboxylic acid groups (broad SMARTS) is 1. The predicted molar refractivity (Wildman–Crippen MR) is 119 cm³/mol. The zero-order valence-corrected chi connectivity index (χ0v) is 18.6. The number of alkyl halides is 2. The normalized spacial score (nSPS) is 26.1. The maximum absolute atomic E-state index is 14.4. The van der Waals surface area contributed by atoms with E-state index >= 15 is 0 Å². The number of alkyl carbamates (subject to hydrolysis) is 1. The average molecular weight is 486 g/mol. The Morgan fingerprint density at radius 3 is 2.26 bits per heavy atom. The monoisotopic (exact) mass is 486 g/mol. The maximum Gasteiger partial charge on any atom is 0.407 e. The lowest BCUT2D eigenvalue weighted by atomic mass is 9.98. The molecule has 0 radical (unpaired) electrons. The highest BCUT2D eigenvalue weighted by Crippen LogP contribution is 2.56. The quantitative estimate of drug-likeness (QED) is 0.578. The molecule has 1 saturated carbocycles. The number of carboxylic acids is 1. The molecular formula is C25H24F2N2O6. The van der Waals surface area contributed by atoms with Crippen LogP contribution < -0.4 is 5.32 Å². The molecule has 8 nitrogen and oxygen atoms in total. The molecule has 184 valence electrons. The van der Waals surface area contributed by atoms with Gasteiger partial charge in [-0.25, -0.2) is 18.4 Å². The number of β-amino-alcohol motifs (C(OH)–C–C–N with tert-alkyl or cyclic N) is 1. The van der Waals surface area contributed by atoms with E-state index in [1.807, 2.05) is 48.5 Å². The van der Waals surface area contributed by atoms with Crippen LogP contribution in [0.2, 0.25) is 0 Å². The van der Waals surface area contributed by atoms with Gasteiger partial charge in [-0.05, 0) is 22.3 Å². The van der Waals surface area contributed by atoms with E-state index in [1.54, 1.807) is 0 Å². The van der Waals surface area contributed by atoms with Crippen LogP contribution in [0.4, 0.5) is 13.6 Å². The van der Waals surface area contributed by atoms with Gasteiger partial charge in [0.05, 0.1) is 12.0 Å². The molecule has 3 aliphatic rings. The Balaban J connectivity index is 1.18. The summed E-state index contributed by atoms with van der Waals surface area (Å²) >= 11 is 0. The topological polar surface area (TPSA) is 116 Å². The van der Waals surface area contributed by atoms with Crippen molar-refractivity contribution in [2.75, 3.05) is 19.7 Å². The second-order valence-electron chi connectivity index (χ2n) is 9.20. The number of likely N-dealkylation sites (tertiary alicyclic amines) is 1. The fourth-order valence-electron chi connectivity index (χ4n) is 5.29. The van der Waals surface area contributed by atoms with Gasteiger partial charge in [0.15, 0.2) is 0 Å². The van der Waals surface area contributed by atoms with Gasteiger partial charge in [0.2, 0.25) is 5.91 Å². The molecule has 1 heterocycles. The zero-order chi connectivity index (χ0) is 24.9. The van der Waals surface area contributed by atoms with Crippen LogP contribution in [0.5, 0.6) is 0 Å². The summed E-state index contributed by atoms with van der Waals surface area (Å²) in [6.07, 6.45) is -2.16. The Morgan fingerprint density at radius 2 is 1.66 bits per heavy atom. The Morgan fingerprint density at radius 1 is 1.06 bits per heavy atom. The molecule has 10 heteroatoms. The Kier molecular flexibility index (Phi) is 5.71. The van der Waals surface area contributed by atoms with Gasteiger partial charge in [0, 0.05) is 25.4 Å². The van der Waals surface area contributed by atoms with E-state index in [-0.39, 0.29) is 25.5 Å². The molecule has 3 N–H and O–H groups in total. The fourth-order valence-corrected chi connectivity index (χ4v) is 5.29. The maximum atomic E-state index is 14.4. The number of aliphatic hydroxyl groups excluding tert-OH is 1. The number of hydrogen-bond acceptors (Lipinski definition) is 5. The number of benzene rings is 2. The van der Waals surface area contributed by atoms with Crippen molar-refractivity contribution in [1.82, 2.24) is 10.2 Å². The molecule has 0 spiro atoms. The number of nitrogens with one attached hydrogen (secondary N) is 1. The SMILES string of the molecule is O=C(NCC1C(C(=O)N2C[C@H](O)C[C@@H]2C(=O)O)C1(F)F)OCC1c2ccccc2-c2ccccc21. The van der Waals surface area contributed by atoms with Crippen molar-refractivity contribution in [2.24, 2.45) is 11.8 Å². The number of rotatable bonds is 6. The molecule has 1 aliphatic heterocycles. The van der Waals surface area contributed by atoms with Crippen LogP contribution in [0, 0.1) is 11.8 Å². The Hall–Kier alpha value is -3.53. The smallest absolute Gasteiger partial charge is 0.407 e. The number of nitrogens with zero attached hydrogens (tertiary/aromatic N) is 1. The van der Waals surface area contributed by atoms with Crippen LogP contribution in [-0.4, -0.2) is 70.8 Å². The van der Waals surface area contributed by atoms with Crippen LogP contribution >= 0.6 is 0 Å². The molecule has 2 aliphatic carbocycles. The first kappa shape index (κ1) is 23.2. The third-order valence-electron chi connectivity index (χ3n) is 7.13. The molecule has 4 atom stereocenters. The van der Waals surface area contributed by atoms with Gasteiger partial charge in [-0.2, -0.15) is 0 Å². The summed E-state index contributed by atoms with van der Waals surface area (Å²) in [5, 5.41) is 21.2. The molecule has 0 bridgehead atoms. The van der Waals surface area contributed by atoms with E-state index in [0.717, 1.165) is 27.2 Å². The summed E-state index contributed by atoms with van der Waals surface area (Å²) in [4.78, 5) is 37.0. The first-order valence-electron chi connectivity index (χ1n) is 11.4. The van der Waals surface area contributed by atoms with Gasteiger partial charge < -0.3 is 25.2 Å². The Labute approximate surface area is 199 Å². The zero-order valence-electron chi connectivity index (χ0n) is 18.6. The summed E-state index contributed by atoms with van der Waals surface area (Å²) < 4.78 is 34.0. The third kappa shape index (κ3) is 4.01. The van der Waals surface area contributed by atoms with Crippen LogP contribution in [0.15, 0.2) is 48.5 Å². The first-order chi connectivity index (χ1) is 16.7. The van der Waals surface area contributed by atoms with Crippen LogP contribution in [0.3, 0.4) is 0 Å². The number of aliphatic hydroxyl groups is 1. The second kappa shape index (κ2) is 8.60. The molecule has 2 fully saturated rings. The molecule has 5 rings (SSSR count). The van der Waals surface area contributed by atoms with Crippen molar-refractivity contribution >= 4 is 18.0 Å². The molecule has 2 unspecified atom stereocenters. The number of fused-ring (bicyclic) bond motifs is 3. The number of hydrogen-bond donors (Lipinski definition) is 3. The second-order valence-corrected chi connectivity index (χ2v) is 9.20. The average Bonchev–Trinajstić information content (AvgIpc) is 3.11. The van der Waals surface area contributed by atoms with Crippen molar-refractivity contribution in [3.63, 3.8) is 0 Å². The molecule has 35 heavy (non-hydrogen) atoms. The van der Waals surface area contributed by atoms with Gasteiger partial charge in [0.1, 0.15) is 18.6 Å². The van der Waals surface area contributed by atoms with E-state index in [9.17, 15) is 33.4 Å². The molecule has 1 saturated heterocycles. The van der Waals surface area contributed by atoms with Crippen molar-refractivity contribution in [3.8, 4) is 11.1 Å². The largest absolute Gasteiger partial charge is 0.480 e. The van der Waals surface area contributed by atoms with Gasteiger partial charge in [0.25, 0.3) is 5.92 Å². The van der Waals surface area contributed by atoms with Gasteiger partial charge in [-0.1, -0.05) is 48.5 Å². The Bertz CT molecular complexity index is 1140. The number of aliphatic carboxylic acids is 1. The highest BCUT2D eigenvalue weighted by atomic mass is 19.3. The van der Waals surface area contributed by atoms with E-state index in [0.29, 0.717) is 0 Å². The summed E-state index contributed by atoms with van der Waals surface area (Å²) in [5.74, 6) is -9.17. The van der Waals surface area contributed by atoms with Gasteiger partial charge >= 0.3 is 12.1 Å². The molecule has 2 aromatic rings. The highest BCUT2D eigenvalue weighted by Gasteiger charge is 2.73. The van der Waals surface area contributed by atoms with E-state index in [1.165, 1.54) is 0 Å². The van der Waals surface area contributed by atoms with Crippen molar-refractivity contribution in [3.05, 3.63) is 59.7 Å². The predicted octanol–water partition coefficient (Wildman–Crippen LogP) is 2.45. The summed E-state index contributed by atoms with van der Waals surface area (Å²) in [5.41, 5.74) is 4.15. The minimum atomic E-state index is -3.38. The molecular weight excluding hydrogens is 462 g/mol. The van der Waals surface area contributed by atoms with E-state index < -0.39 is 54.4 Å².